The van der Waals surface area contributed by atoms with Crippen LogP contribution in [0.2, 0.25) is 5.02 Å². The topological polar surface area (TPSA) is 53.1 Å². The lowest BCUT2D eigenvalue weighted by atomic mass is 9.90. The van der Waals surface area contributed by atoms with Crippen molar-refractivity contribution in [3.8, 4) is 0 Å². The van der Waals surface area contributed by atoms with Crippen molar-refractivity contribution in [2.75, 3.05) is 24.1 Å². The summed E-state index contributed by atoms with van der Waals surface area (Å²) >= 11 is 6.04. The molecule has 7 heteroatoms. The number of anilines is 2. The van der Waals surface area contributed by atoms with E-state index in [1.165, 1.54) is 4.90 Å². The van der Waals surface area contributed by atoms with Gasteiger partial charge in [-0.3, -0.25) is 19.3 Å². The molecule has 0 N–H and O–H groups in total. The Morgan fingerprint density at radius 2 is 1.59 bits per heavy atom. The van der Waals surface area contributed by atoms with Gasteiger partial charge in [0.15, 0.2) is 6.10 Å². The van der Waals surface area contributed by atoms with Crippen molar-refractivity contribution in [2.45, 2.75) is 32.0 Å². The average molecular weight is 414 g/mol. The molecule has 2 aromatic carbocycles. The zero-order valence-corrected chi connectivity index (χ0v) is 17.6. The van der Waals surface area contributed by atoms with Crippen LogP contribution in [0.15, 0.2) is 48.5 Å². The first kappa shape index (κ1) is 19.7. The molecule has 0 bridgehead atoms. The number of amides is 2. The summed E-state index contributed by atoms with van der Waals surface area (Å²) in [4.78, 5) is 35.5. The number of nitrogens with zero attached hydrogens (tertiary/aromatic N) is 3. The molecule has 152 valence electrons. The maximum atomic E-state index is 13.2. The Labute approximate surface area is 175 Å². The number of rotatable bonds is 4. The van der Waals surface area contributed by atoms with E-state index in [-0.39, 0.29) is 17.9 Å². The van der Waals surface area contributed by atoms with E-state index in [4.69, 9.17) is 16.4 Å². The SMILES string of the molecule is CC(C)N1C(=O)[C@@H]2[C@H](ON(c3ccc(Cl)cc3)[C@@H]2c2ccc(N(C)C)cc2)C1=O. The van der Waals surface area contributed by atoms with Crippen LogP contribution in [0, 0.1) is 5.92 Å². The van der Waals surface area contributed by atoms with Crippen LogP contribution in [0.1, 0.15) is 25.5 Å². The van der Waals surface area contributed by atoms with Crippen molar-refractivity contribution in [1.29, 1.82) is 0 Å². The number of carbonyl (C=O) groups excluding carboxylic acids is 2. The number of hydrogen-bond acceptors (Lipinski definition) is 5. The number of benzene rings is 2. The van der Waals surface area contributed by atoms with Gasteiger partial charge in [-0.05, 0) is 55.8 Å². The van der Waals surface area contributed by atoms with E-state index in [0.29, 0.717) is 5.02 Å². The highest BCUT2D eigenvalue weighted by atomic mass is 35.5. The molecule has 0 saturated carbocycles. The highest BCUT2D eigenvalue weighted by Gasteiger charge is 2.60. The van der Waals surface area contributed by atoms with Crippen LogP contribution < -0.4 is 9.96 Å². The molecule has 2 amide bonds. The summed E-state index contributed by atoms with van der Waals surface area (Å²) in [6, 6.07) is 14.6. The number of carbonyl (C=O) groups is 2. The first-order valence-corrected chi connectivity index (χ1v) is 10.0. The molecular weight excluding hydrogens is 390 g/mol. The third-order valence-electron chi connectivity index (χ3n) is 5.50. The van der Waals surface area contributed by atoms with Crippen LogP contribution in [0.5, 0.6) is 0 Å². The van der Waals surface area contributed by atoms with Crippen LogP contribution in [0.4, 0.5) is 11.4 Å². The van der Waals surface area contributed by atoms with Gasteiger partial charge in [0.25, 0.3) is 5.91 Å². The summed E-state index contributed by atoms with van der Waals surface area (Å²) in [6.07, 6.45) is -0.820. The lowest BCUT2D eigenvalue weighted by Gasteiger charge is -2.30. The molecule has 2 fully saturated rings. The molecule has 0 aromatic heterocycles. The summed E-state index contributed by atoms with van der Waals surface area (Å²) < 4.78 is 0. The third kappa shape index (κ3) is 3.26. The largest absolute Gasteiger partial charge is 0.378 e. The average Bonchev–Trinajstić information content (AvgIpc) is 3.19. The fraction of sp³-hybridized carbons (Fsp3) is 0.364. The maximum Gasteiger partial charge on any atom is 0.262 e. The molecule has 6 nitrogen and oxygen atoms in total. The van der Waals surface area contributed by atoms with E-state index in [1.54, 1.807) is 17.2 Å². The van der Waals surface area contributed by atoms with E-state index >= 15 is 0 Å². The van der Waals surface area contributed by atoms with Gasteiger partial charge < -0.3 is 4.90 Å². The van der Waals surface area contributed by atoms with E-state index < -0.39 is 18.1 Å². The van der Waals surface area contributed by atoms with Crippen molar-refractivity contribution < 1.29 is 14.4 Å². The Kier molecular flexibility index (Phi) is 5.00. The zero-order chi connectivity index (χ0) is 20.9. The van der Waals surface area contributed by atoms with Gasteiger partial charge in [-0.1, -0.05) is 23.7 Å². The van der Waals surface area contributed by atoms with E-state index in [1.807, 2.05) is 69.2 Å². The second-order valence-electron chi connectivity index (χ2n) is 7.93. The van der Waals surface area contributed by atoms with Gasteiger partial charge in [-0.25, -0.2) is 5.06 Å². The number of hydroxylamine groups is 1. The highest BCUT2D eigenvalue weighted by Crippen LogP contribution is 2.47. The number of likely N-dealkylation sites (tertiary alicyclic amines) is 1. The Morgan fingerprint density at radius 3 is 2.14 bits per heavy atom. The number of imide groups is 1. The summed E-state index contributed by atoms with van der Waals surface area (Å²) in [5, 5.41) is 2.29. The molecule has 0 unspecified atom stereocenters. The lowest BCUT2D eigenvalue weighted by Crippen LogP contribution is -2.41. The Hall–Kier alpha value is -2.57. The molecule has 0 aliphatic carbocycles. The minimum Gasteiger partial charge on any atom is -0.378 e. The molecule has 2 heterocycles. The molecule has 2 saturated heterocycles. The molecule has 4 rings (SSSR count). The van der Waals surface area contributed by atoms with Crippen molar-refractivity contribution in [3.63, 3.8) is 0 Å². The van der Waals surface area contributed by atoms with Crippen LogP contribution in [-0.4, -0.2) is 43.0 Å². The number of fused-ring (bicyclic) bond motifs is 1. The minimum absolute atomic E-state index is 0.187. The van der Waals surface area contributed by atoms with Gasteiger partial charge in [-0.15, -0.1) is 0 Å². The van der Waals surface area contributed by atoms with Crippen LogP contribution >= 0.6 is 11.6 Å². The second kappa shape index (κ2) is 7.35. The van der Waals surface area contributed by atoms with Gasteiger partial charge in [0.1, 0.15) is 5.92 Å². The lowest BCUT2D eigenvalue weighted by molar-refractivity contribution is -0.145. The molecule has 2 aliphatic heterocycles. The first-order valence-electron chi connectivity index (χ1n) is 9.65. The summed E-state index contributed by atoms with van der Waals surface area (Å²) in [7, 11) is 3.95. The molecule has 2 aliphatic rings. The predicted octanol–water partition coefficient (Wildman–Crippen LogP) is 3.66. The quantitative estimate of drug-likeness (QED) is 0.716. The molecular formula is C22H24ClN3O3. The smallest absolute Gasteiger partial charge is 0.262 e. The minimum atomic E-state index is -0.820. The Morgan fingerprint density at radius 1 is 0.966 bits per heavy atom. The van der Waals surface area contributed by atoms with Crippen molar-refractivity contribution >= 4 is 34.8 Å². The van der Waals surface area contributed by atoms with Crippen LogP contribution in [0.3, 0.4) is 0 Å². The van der Waals surface area contributed by atoms with Crippen molar-refractivity contribution in [2.24, 2.45) is 5.92 Å². The second-order valence-corrected chi connectivity index (χ2v) is 8.36. The normalized spacial score (nSPS) is 23.9. The zero-order valence-electron chi connectivity index (χ0n) is 16.9. The molecule has 0 radical (unpaired) electrons. The van der Waals surface area contributed by atoms with Gasteiger partial charge in [-0.2, -0.15) is 0 Å². The molecule has 29 heavy (non-hydrogen) atoms. The number of halogens is 1. The summed E-state index contributed by atoms with van der Waals surface area (Å²) in [5.74, 6) is -1.06. The monoisotopic (exact) mass is 413 g/mol. The fourth-order valence-electron chi connectivity index (χ4n) is 4.07. The Balaban J connectivity index is 1.78. The van der Waals surface area contributed by atoms with E-state index in [0.717, 1.165) is 16.9 Å². The van der Waals surface area contributed by atoms with Gasteiger partial charge in [0.05, 0.1) is 11.7 Å². The maximum absolute atomic E-state index is 13.2. The van der Waals surface area contributed by atoms with Crippen molar-refractivity contribution in [1.82, 2.24) is 4.90 Å². The molecule has 0 spiro atoms. The van der Waals surface area contributed by atoms with Gasteiger partial charge in [0, 0.05) is 30.8 Å². The van der Waals surface area contributed by atoms with E-state index in [2.05, 4.69) is 0 Å². The van der Waals surface area contributed by atoms with Crippen LogP contribution in [0.25, 0.3) is 0 Å². The number of hydrogen-bond donors (Lipinski definition) is 0. The standard InChI is InChI=1S/C22H24ClN3O3/c1-13(2)25-21(27)18-19(14-5-9-16(10-6-14)24(3)4)26(29-20(18)22(25)28)17-11-7-15(23)8-12-17/h5-13,18-20H,1-4H3/t18-,19+,20-/m0/s1. The molecule has 3 atom stereocenters. The third-order valence-corrected chi connectivity index (χ3v) is 5.75. The highest BCUT2D eigenvalue weighted by molar-refractivity contribution is 6.30. The summed E-state index contributed by atoms with van der Waals surface area (Å²) in [5.41, 5.74) is 2.73. The predicted molar refractivity (Wildman–Crippen MR) is 113 cm³/mol. The van der Waals surface area contributed by atoms with Crippen LogP contribution in [-0.2, 0) is 14.4 Å². The van der Waals surface area contributed by atoms with E-state index in [9.17, 15) is 9.59 Å². The molecule has 2 aromatic rings. The Bertz CT molecular complexity index is 927. The summed E-state index contributed by atoms with van der Waals surface area (Å²) in [6.45, 7) is 3.68. The van der Waals surface area contributed by atoms with Gasteiger partial charge in [0.2, 0.25) is 5.91 Å². The van der Waals surface area contributed by atoms with Crippen molar-refractivity contribution in [3.05, 3.63) is 59.1 Å². The first-order chi connectivity index (χ1) is 13.8. The van der Waals surface area contributed by atoms with Gasteiger partial charge >= 0.3 is 0 Å². The fourth-order valence-corrected chi connectivity index (χ4v) is 4.19.